The first-order valence-electron chi connectivity index (χ1n) is 8.17. The van der Waals surface area contributed by atoms with Crippen molar-refractivity contribution in [1.82, 2.24) is 9.88 Å². The van der Waals surface area contributed by atoms with Gasteiger partial charge in [-0.05, 0) is 24.1 Å². The molecule has 0 bridgehead atoms. The summed E-state index contributed by atoms with van der Waals surface area (Å²) in [5.74, 6) is -0.156. The van der Waals surface area contributed by atoms with E-state index < -0.39 is 6.04 Å². The smallest absolute Gasteiger partial charge is 0.329 e. The zero-order chi connectivity index (χ0) is 17.8. The lowest BCUT2D eigenvalue weighted by molar-refractivity contribution is -0.149. The maximum atomic E-state index is 13.0. The van der Waals surface area contributed by atoms with Gasteiger partial charge in [-0.15, -0.1) is 0 Å². The molecule has 0 aliphatic carbocycles. The molecule has 1 atom stereocenters. The summed E-state index contributed by atoms with van der Waals surface area (Å²) < 4.78 is 10.3. The van der Waals surface area contributed by atoms with Crippen molar-refractivity contribution in [3.05, 3.63) is 59.4 Å². The van der Waals surface area contributed by atoms with E-state index >= 15 is 0 Å². The highest BCUT2D eigenvalue weighted by atomic mass is 16.5. The van der Waals surface area contributed by atoms with E-state index in [1.165, 1.54) is 19.5 Å². The van der Waals surface area contributed by atoms with Crippen LogP contribution in [0.4, 0.5) is 0 Å². The molecule has 0 radical (unpaired) electrons. The summed E-state index contributed by atoms with van der Waals surface area (Å²) in [6.07, 6.45) is 3.46. The highest BCUT2D eigenvalue weighted by Gasteiger charge is 2.36. The number of fused-ring (bicyclic) bond motifs is 1. The predicted molar refractivity (Wildman–Crippen MR) is 91.2 cm³/mol. The van der Waals surface area contributed by atoms with Crippen molar-refractivity contribution < 1.29 is 19.1 Å². The van der Waals surface area contributed by atoms with E-state index in [-0.39, 0.29) is 18.5 Å². The fourth-order valence-electron chi connectivity index (χ4n) is 3.00. The second-order valence-corrected chi connectivity index (χ2v) is 5.79. The van der Waals surface area contributed by atoms with E-state index in [0.717, 1.165) is 11.1 Å². The molecule has 0 N–H and O–H groups in total. The van der Waals surface area contributed by atoms with Crippen LogP contribution in [-0.2, 0) is 22.5 Å². The van der Waals surface area contributed by atoms with E-state index in [0.29, 0.717) is 24.3 Å². The molecule has 0 saturated heterocycles. The van der Waals surface area contributed by atoms with E-state index in [4.69, 9.17) is 9.47 Å². The Balaban J connectivity index is 1.95. The predicted octanol–water partition coefficient (Wildman–Crippen LogP) is 2.22. The third-order valence-corrected chi connectivity index (χ3v) is 4.26. The van der Waals surface area contributed by atoms with Crippen molar-refractivity contribution in [1.29, 1.82) is 0 Å². The molecular formula is C19H20N2O4. The van der Waals surface area contributed by atoms with E-state index in [9.17, 15) is 9.59 Å². The van der Waals surface area contributed by atoms with Gasteiger partial charge in [-0.3, -0.25) is 9.78 Å². The molecule has 0 spiro atoms. The molecule has 2 aromatic rings. The van der Waals surface area contributed by atoms with Crippen LogP contribution in [-0.4, -0.2) is 41.5 Å². The average molecular weight is 340 g/mol. The Hall–Kier alpha value is -2.89. The van der Waals surface area contributed by atoms with Gasteiger partial charge in [0, 0.05) is 19.2 Å². The highest BCUT2D eigenvalue weighted by Crippen LogP contribution is 2.26. The molecule has 0 saturated carbocycles. The Kier molecular flexibility index (Phi) is 4.97. The largest absolute Gasteiger partial charge is 0.495 e. The van der Waals surface area contributed by atoms with Gasteiger partial charge in [-0.25, -0.2) is 4.79 Å². The molecule has 2 heterocycles. The van der Waals surface area contributed by atoms with E-state index in [1.54, 1.807) is 17.9 Å². The molecule has 6 heteroatoms. The number of hydrogen-bond acceptors (Lipinski definition) is 5. The minimum atomic E-state index is -0.645. The van der Waals surface area contributed by atoms with Crippen LogP contribution in [0, 0.1) is 0 Å². The summed E-state index contributed by atoms with van der Waals surface area (Å²) >= 11 is 0. The van der Waals surface area contributed by atoms with Gasteiger partial charge < -0.3 is 14.4 Å². The fraction of sp³-hybridized carbons (Fsp3) is 0.316. The Morgan fingerprint density at radius 3 is 2.72 bits per heavy atom. The molecule has 1 aliphatic rings. The van der Waals surface area contributed by atoms with Crippen molar-refractivity contribution in [2.45, 2.75) is 25.9 Å². The molecule has 25 heavy (non-hydrogen) atoms. The number of pyridine rings is 1. The van der Waals surface area contributed by atoms with E-state index in [1.807, 2.05) is 24.3 Å². The zero-order valence-electron chi connectivity index (χ0n) is 14.3. The molecule has 1 amide bonds. The molecule has 130 valence electrons. The van der Waals surface area contributed by atoms with Gasteiger partial charge in [0.05, 0.1) is 25.5 Å². The second-order valence-electron chi connectivity index (χ2n) is 5.79. The number of hydrogen-bond donors (Lipinski definition) is 0. The van der Waals surface area contributed by atoms with Gasteiger partial charge in [-0.2, -0.15) is 0 Å². The third-order valence-electron chi connectivity index (χ3n) is 4.26. The summed E-state index contributed by atoms with van der Waals surface area (Å²) in [5.41, 5.74) is 2.48. The van der Waals surface area contributed by atoms with Crippen molar-refractivity contribution in [3.63, 3.8) is 0 Å². The number of methoxy groups -OCH3 is 1. The quantitative estimate of drug-likeness (QED) is 0.798. The Labute approximate surface area is 146 Å². The average Bonchev–Trinajstić information content (AvgIpc) is 2.66. The maximum absolute atomic E-state index is 13.0. The number of rotatable bonds is 4. The third kappa shape index (κ3) is 3.47. The number of nitrogens with zero attached hydrogens (tertiary/aromatic N) is 2. The van der Waals surface area contributed by atoms with Gasteiger partial charge in [0.15, 0.2) is 0 Å². The fourth-order valence-corrected chi connectivity index (χ4v) is 3.00. The summed E-state index contributed by atoms with van der Waals surface area (Å²) in [6, 6.07) is 8.80. The number of benzene rings is 1. The molecule has 1 unspecified atom stereocenters. The number of ether oxygens (including phenoxy) is 2. The van der Waals surface area contributed by atoms with Crippen LogP contribution >= 0.6 is 0 Å². The molecule has 3 rings (SSSR count). The summed E-state index contributed by atoms with van der Waals surface area (Å²) in [6.45, 7) is 2.39. The lowest BCUT2D eigenvalue weighted by Gasteiger charge is -2.35. The number of amides is 1. The van der Waals surface area contributed by atoms with Crippen LogP contribution in [0.25, 0.3) is 0 Å². The lowest BCUT2D eigenvalue weighted by Crippen LogP contribution is -2.49. The molecule has 1 aromatic heterocycles. The van der Waals surface area contributed by atoms with Gasteiger partial charge >= 0.3 is 5.97 Å². The topological polar surface area (TPSA) is 68.7 Å². The minimum absolute atomic E-state index is 0.265. The van der Waals surface area contributed by atoms with Crippen LogP contribution in [0.5, 0.6) is 5.75 Å². The van der Waals surface area contributed by atoms with Crippen LogP contribution in [0.1, 0.15) is 28.4 Å². The van der Waals surface area contributed by atoms with Gasteiger partial charge in [0.25, 0.3) is 5.91 Å². The summed E-state index contributed by atoms with van der Waals surface area (Å²) in [7, 11) is 1.52. The number of carbonyl (C=O) groups is 2. The standard InChI is InChI=1S/C19H20N2O4/c1-3-25-19(23)17-9-13-6-4-5-7-14(13)12-21(17)18(22)15-8-16(24-2)11-20-10-15/h4-8,10-11,17H,3,9,12H2,1-2H3. The first-order chi connectivity index (χ1) is 12.1. The molecule has 1 aliphatic heterocycles. The molecule has 0 fully saturated rings. The Bertz CT molecular complexity index is 790. The van der Waals surface area contributed by atoms with Crippen molar-refractivity contribution in [3.8, 4) is 5.75 Å². The maximum Gasteiger partial charge on any atom is 0.329 e. The normalized spacial score (nSPS) is 16.1. The Morgan fingerprint density at radius 2 is 2.00 bits per heavy atom. The zero-order valence-corrected chi connectivity index (χ0v) is 14.3. The first kappa shape index (κ1) is 17.0. The van der Waals surface area contributed by atoms with Gasteiger partial charge in [-0.1, -0.05) is 24.3 Å². The highest BCUT2D eigenvalue weighted by molar-refractivity contribution is 5.97. The number of aromatic nitrogens is 1. The van der Waals surface area contributed by atoms with Gasteiger partial charge in [0.1, 0.15) is 11.8 Å². The summed E-state index contributed by atoms with van der Waals surface area (Å²) in [5, 5.41) is 0. The minimum Gasteiger partial charge on any atom is -0.495 e. The van der Waals surface area contributed by atoms with Crippen LogP contribution in [0.3, 0.4) is 0 Å². The van der Waals surface area contributed by atoms with E-state index in [2.05, 4.69) is 4.98 Å². The molecular weight excluding hydrogens is 320 g/mol. The SMILES string of the molecule is CCOC(=O)C1Cc2ccccc2CN1C(=O)c1cncc(OC)c1. The molecule has 1 aromatic carbocycles. The monoisotopic (exact) mass is 340 g/mol. The number of carbonyl (C=O) groups excluding carboxylic acids is 2. The van der Waals surface area contributed by atoms with Crippen LogP contribution < -0.4 is 4.74 Å². The molecule has 6 nitrogen and oxygen atoms in total. The Morgan fingerprint density at radius 1 is 1.24 bits per heavy atom. The summed E-state index contributed by atoms with van der Waals surface area (Å²) in [4.78, 5) is 31.0. The van der Waals surface area contributed by atoms with Crippen molar-refractivity contribution in [2.75, 3.05) is 13.7 Å². The second kappa shape index (κ2) is 7.34. The first-order valence-corrected chi connectivity index (χ1v) is 8.17. The van der Waals surface area contributed by atoms with Crippen molar-refractivity contribution in [2.24, 2.45) is 0 Å². The van der Waals surface area contributed by atoms with Crippen molar-refractivity contribution >= 4 is 11.9 Å². The lowest BCUT2D eigenvalue weighted by atomic mass is 9.93. The van der Waals surface area contributed by atoms with Crippen LogP contribution in [0.15, 0.2) is 42.7 Å². The van der Waals surface area contributed by atoms with Gasteiger partial charge in [0.2, 0.25) is 0 Å². The number of esters is 1. The van der Waals surface area contributed by atoms with Crippen LogP contribution in [0.2, 0.25) is 0 Å².